The lowest BCUT2D eigenvalue weighted by molar-refractivity contribution is 0.0945. The van der Waals surface area contributed by atoms with Gasteiger partial charge in [0.25, 0.3) is 5.91 Å². The van der Waals surface area contributed by atoms with Crippen LogP contribution in [-0.2, 0) is 0 Å². The Morgan fingerprint density at radius 3 is 2.89 bits per heavy atom. The van der Waals surface area contributed by atoms with E-state index in [1.165, 1.54) is 18.2 Å². The van der Waals surface area contributed by atoms with Gasteiger partial charge in [-0.25, -0.2) is 4.39 Å². The fourth-order valence-electron chi connectivity index (χ4n) is 1.92. The maximum absolute atomic E-state index is 13.5. The molecule has 1 N–H and O–H groups in total. The second-order valence-corrected chi connectivity index (χ2v) is 6.00. The summed E-state index contributed by atoms with van der Waals surface area (Å²) >= 11 is 7.71. The van der Waals surface area contributed by atoms with Gasteiger partial charge >= 0.3 is 0 Å². The van der Waals surface area contributed by atoms with Crippen LogP contribution >= 0.6 is 23.4 Å². The number of halogens is 2. The van der Waals surface area contributed by atoms with Crippen molar-refractivity contribution >= 4 is 29.3 Å². The molecular weight excluding hydrogens is 287 g/mol. The first-order chi connectivity index (χ1) is 9.16. The molecule has 1 amide bonds. The molecular formula is C13H16ClFN2OS. The number of carbonyl (C=O) groups is 1. The Labute approximate surface area is 121 Å². The molecule has 19 heavy (non-hydrogen) atoms. The summed E-state index contributed by atoms with van der Waals surface area (Å²) in [6.07, 6.45) is 0. The summed E-state index contributed by atoms with van der Waals surface area (Å²) in [5.41, 5.74) is 0.00157. The average molecular weight is 303 g/mol. The Hall–Kier alpha value is -0.780. The minimum absolute atomic E-state index is 0.00157. The van der Waals surface area contributed by atoms with Crippen LogP contribution in [0.4, 0.5) is 4.39 Å². The molecule has 1 aliphatic heterocycles. The molecule has 0 saturated carbocycles. The molecule has 1 fully saturated rings. The lowest BCUT2D eigenvalue weighted by atomic mass is 10.2. The molecule has 1 heterocycles. The van der Waals surface area contributed by atoms with Crippen molar-refractivity contribution in [2.24, 2.45) is 0 Å². The molecule has 2 rings (SSSR count). The average Bonchev–Trinajstić information content (AvgIpc) is 2.42. The molecule has 0 unspecified atom stereocenters. The molecule has 3 nitrogen and oxygen atoms in total. The van der Waals surface area contributed by atoms with Crippen LogP contribution in [0.25, 0.3) is 0 Å². The van der Waals surface area contributed by atoms with Gasteiger partial charge in [-0.1, -0.05) is 11.6 Å². The number of hydrogen-bond donors (Lipinski definition) is 1. The summed E-state index contributed by atoms with van der Waals surface area (Å²) in [4.78, 5) is 14.1. The van der Waals surface area contributed by atoms with E-state index >= 15 is 0 Å². The Balaban J connectivity index is 1.82. The molecule has 0 aliphatic carbocycles. The van der Waals surface area contributed by atoms with Gasteiger partial charge in [-0.15, -0.1) is 0 Å². The molecule has 0 spiro atoms. The van der Waals surface area contributed by atoms with E-state index < -0.39 is 11.7 Å². The molecule has 1 aromatic rings. The molecule has 0 aromatic heterocycles. The van der Waals surface area contributed by atoms with Crippen molar-refractivity contribution in [1.29, 1.82) is 0 Å². The zero-order chi connectivity index (χ0) is 13.7. The van der Waals surface area contributed by atoms with Crippen LogP contribution in [-0.4, -0.2) is 48.5 Å². The summed E-state index contributed by atoms with van der Waals surface area (Å²) in [6.45, 7) is 3.42. The zero-order valence-electron chi connectivity index (χ0n) is 10.5. The van der Waals surface area contributed by atoms with Gasteiger partial charge < -0.3 is 5.32 Å². The Morgan fingerprint density at radius 2 is 2.16 bits per heavy atom. The first kappa shape index (κ1) is 14.6. The largest absolute Gasteiger partial charge is 0.351 e. The fourth-order valence-corrected chi connectivity index (χ4v) is 3.07. The first-order valence-electron chi connectivity index (χ1n) is 6.20. The highest BCUT2D eigenvalue weighted by Crippen LogP contribution is 2.14. The van der Waals surface area contributed by atoms with Gasteiger partial charge in [-0.2, -0.15) is 11.8 Å². The summed E-state index contributed by atoms with van der Waals surface area (Å²) in [5.74, 6) is 1.32. The Morgan fingerprint density at radius 1 is 1.42 bits per heavy atom. The second kappa shape index (κ2) is 7.12. The van der Waals surface area contributed by atoms with E-state index in [4.69, 9.17) is 11.6 Å². The highest BCUT2D eigenvalue weighted by Gasteiger charge is 2.13. The summed E-state index contributed by atoms with van der Waals surface area (Å²) in [6, 6.07) is 3.99. The third kappa shape index (κ3) is 4.37. The molecule has 0 atom stereocenters. The number of nitrogens with zero attached hydrogens (tertiary/aromatic N) is 1. The van der Waals surface area contributed by atoms with Crippen molar-refractivity contribution < 1.29 is 9.18 Å². The monoisotopic (exact) mass is 302 g/mol. The first-order valence-corrected chi connectivity index (χ1v) is 7.73. The van der Waals surface area contributed by atoms with Gasteiger partial charge in [0.1, 0.15) is 5.82 Å². The molecule has 1 aliphatic rings. The van der Waals surface area contributed by atoms with E-state index in [1.54, 1.807) is 0 Å². The van der Waals surface area contributed by atoms with Gasteiger partial charge in [0.05, 0.1) is 5.56 Å². The molecule has 1 saturated heterocycles. The van der Waals surface area contributed by atoms with Crippen LogP contribution in [0.2, 0.25) is 5.02 Å². The lowest BCUT2D eigenvalue weighted by Crippen LogP contribution is -2.39. The maximum Gasteiger partial charge on any atom is 0.254 e. The highest BCUT2D eigenvalue weighted by molar-refractivity contribution is 7.99. The minimum Gasteiger partial charge on any atom is -0.351 e. The number of benzene rings is 1. The number of thioether (sulfide) groups is 1. The normalized spacial score (nSPS) is 16.3. The van der Waals surface area contributed by atoms with E-state index in [9.17, 15) is 9.18 Å². The molecule has 0 radical (unpaired) electrons. The summed E-state index contributed by atoms with van der Waals surface area (Å²) < 4.78 is 13.5. The van der Waals surface area contributed by atoms with Crippen LogP contribution in [0.1, 0.15) is 10.4 Å². The van der Waals surface area contributed by atoms with Gasteiger partial charge in [0.2, 0.25) is 0 Å². The smallest absolute Gasteiger partial charge is 0.254 e. The van der Waals surface area contributed by atoms with Crippen LogP contribution in [0.3, 0.4) is 0 Å². The third-order valence-electron chi connectivity index (χ3n) is 2.99. The Kier molecular flexibility index (Phi) is 5.48. The van der Waals surface area contributed by atoms with Gasteiger partial charge in [0, 0.05) is 42.7 Å². The quantitative estimate of drug-likeness (QED) is 0.926. The van der Waals surface area contributed by atoms with E-state index in [2.05, 4.69) is 10.2 Å². The standard InChI is InChI=1S/C13H16ClFN2OS/c14-10-1-2-12(15)11(9-10)13(18)16-3-4-17-5-7-19-8-6-17/h1-2,9H,3-8H2,(H,16,18). The van der Waals surface area contributed by atoms with Crippen molar-refractivity contribution in [2.75, 3.05) is 37.7 Å². The lowest BCUT2D eigenvalue weighted by Gasteiger charge is -2.26. The number of carbonyl (C=O) groups excluding carboxylic acids is 1. The number of rotatable bonds is 4. The van der Waals surface area contributed by atoms with E-state index in [1.807, 2.05) is 11.8 Å². The number of amides is 1. The van der Waals surface area contributed by atoms with Gasteiger partial charge in [-0.3, -0.25) is 9.69 Å². The van der Waals surface area contributed by atoms with E-state index in [-0.39, 0.29) is 5.56 Å². The topological polar surface area (TPSA) is 32.3 Å². The SMILES string of the molecule is O=C(NCCN1CCSCC1)c1cc(Cl)ccc1F. The van der Waals surface area contributed by atoms with Crippen LogP contribution in [0.15, 0.2) is 18.2 Å². The summed E-state index contributed by atoms with van der Waals surface area (Å²) in [7, 11) is 0. The predicted octanol–water partition coefficient (Wildman–Crippen LogP) is 2.26. The van der Waals surface area contributed by atoms with Gasteiger partial charge in [0.15, 0.2) is 0 Å². The molecule has 0 bridgehead atoms. The van der Waals surface area contributed by atoms with Crippen LogP contribution in [0.5, 0.6) is 0 Å². The second-order valence-electron chi connectivity index (χ2n) is 4.33. The minimum atomic E-state index is -0.545. The van der Waals surface area contributed by atoms with Crippen molar-refractivity contribution in [2.45, 2.75) is 0 Å². The van der Waals surface area contributed by atoms with E-state index in [0.29, 0.717) is 11.6 Å². The zero-order valence-corrected chi connectivity index (χ0v) is 12.1. The van der Waals surface area contributed by atoms with Gasteiger partial charge in [-0.05, 0) is 18.2 Å². The highest BCUT2D eigenvalue weighted by atomic mass is 35.5. The van der Waals surface area contributed by atoms with Crippen molar-refractivity contribution in [3.8, 4) is 0 Å². The number of nitrogens with one attached hydrogen (secondary N) is 1. The Bertz CT molecular complexity index is 452. The fraction of sp³-hybridized carbons (Fsp3) is 0.462. The molecule has 6 heteroatoms. The molecule has 1 aromatic carbocycles. The summed E-state index contributed by atoms with van der Waals surface area (Å²) in [5, 5.41) is 3.09. The van der Waals surface area contributed by atoms with Crippen molar-refractivity contribution in [3.05, 3.63) is 34.6 Å². The van der Waals surface area contributed by atoms with Crippen LogP contribution < -0.4 is 5.32 Å². The predicted molar refractivity (Wildman–Crippen MR) is 77.5 cm³/mol. The third-order valence-corrected chi connectivity index (χ3v) is 4.17. The van der Waals surface area contributed by atoms with Crippen molar-refractivity contribution in [1.82, 2.24) is 10.2 Å². The maximum atomic E-state index is 13.5. The molecule has 104 valence electrons. The van der Waals surface area contributed by atoms with E-state index in [0.717, 1.165) is 31.1 Å². The van der Waals surface area contributed by atoms with Crippen LogP contribution in [0, 0.1) is 5.82 Å². The van der Waals surface area contributed by atoms with Crippen molar-refractivity contribution in [3.63, 3.8) is 0 Å². The number of hydrogen-bond acceptors (Lipinski definition) is 3.